The minimum Gasteiger partial charge on any atom is -0.379 e. The molecule has 0 bridgehead atoms. The van der Waals surface area contributed by atoms with E-state index in [2.05, 4.69) is 15.0 Å². The molecule has 2 aromatic heterocycles. The van der Waals surface area contributed by atoms with Crippen LogP contribution in [0.5, 0.6) is 0 Å². The Bertz CT molecular complexity index is 915. The summed E-state index contributed by atoms with van der Waals surface area (Å²) >= 11 is 0. The molecule has 2 aliphatic rings. The molecule has 0 N–H and O–H groups in total. The van der Waals surface area contributed by atoms with Gasteiger partial charge in [0.25, 0.3) is 5.91 Å². The molecule has 0 aliphatic carbocycles. The van der Waals surface area contributed by atoms with Gasteiger partial charge in [0, 0.05) is 32.4 Å². The third-order valence-electron chi connectivity index (χ3n) is 6.39. The number of aromatic nitrogens is 3. The zero-order chi connectivity index (χ0) is 22.7. The first-order valence-corrected chi connectivity index (χ1v) is 11.0. The van der Waals surface area contributed by atoms with Crippen molar-refractivity contribution in [2.45, 2.75) is 32.4 Å². The van der Waals surface area contributed by atoms with Crippen molar-refractivity contribution in [3.05, 3.63) is 41.3 Å². The summed E-state index contributed by atoms with van der Waals surface area (Å²) in [5, 5.41) is 4.20. The van der Waals surface area contributed by atoms with Gasteiger partial charge < -0.3 is 9.64 Å². The van der Waals surface area contributed by atoms with E-state index in [0.717, 1.165) is 64.4 Å². The lowest BCUT2D eigenvalue weighted by Gasteiger charge is -2.34. The standard InChI is InChI=1S/C22H28F3N5O2/c1-16-19(15-27-30(16)20-3-2-18(14-26-20)22(23,24)25)21(31)29-8-5-17(6-9-29)4-7-28-10-12-32-13-11-28/h2-3,14-15,17H,4-13H2,1H3. The highest BCUT2D eigenvalue weighted by atomic mass is 19.4. The monoisotopic (exact) mass is 451 g/mol. The second-order valence-corrected chi connectivity index (χ2v) is 8.44. The van der Waals surface area contributed by atoms with Crippen molar-refractivity contribution in [2.75, 3.05) is 45.9 Å². The highest BCUT2D eigenvalue weighted by molar-refractivity contribution is 5.95. The fourth-order valence-corrected chi connectivity index (χ4v) is 4.31. The quantitative estimate of drug-likeness (QED) is 0.699. The predicted molar refractivity (Wildman–Crippen MR) is 112 cm³/mol. The number of halogens is 3. The summed E-state index contributed by atoms with van der Waals surface area (Å²) in [5.74, 6) is 0.769. The molecule has 0 spiro atoms. The Kier molecular flexibility index (Phi) is 6.80. The van der Waals surface area contributed by atoms with Crippen molar-refractivity contribution in [3.8, 4) is 5.82 Å². The lowest BCUT2D eigenvalue weighted by molar-refractivity contribution is -0.137. The molecule has 4 rings (SSSR count). The summed E-state index contributed by atoms with van der Waals surface area (Å²) in [6.45, 7) is 7.82. The van der Waals surface area contributed by atoms with Gasteiger partial charge in [0.2, 0.25) is 0 Å². The number of hydrogen-bond acceptors (Lipinski definition) is 5. The molecule has 0 atom stereocenters. The average Bonchev–Trinajstić information content (AvgIpc) is 3.19. The Morgan fingerprint density at radius 3 is 2.47 bits per heavy atom. The lowest BCUT2D eigenvalue weighted by atomic mass is 9.93. The Balaban J connectivity index is 1.34. The van der Waals surface area contributed by atoms with Crippen molar-refractivity contribution in [1.29, 1.82) is 0 Å². The van der Waals surface area contributed by atoms with Crippen LogP contribution in [0.4, 0.5) is 13.2 Å². The van der Waals surface area contributed by atoms with Gasteiger partial charge in [-0.2, -0.15) is 18.3 Å². The molecule has 2 fully saturated rings. The molecule has 174 valence electrons. The minimum atomic E-state index is -4.44. The first kappa shape index (κ1) is 22.7. The van der Waals surface area contributed by atoms with E-state index in [1.54, 1.807) is 6.92 Å². The van der Waals surface area contributed by atoms with Gasteiger partial charge in [-0.15, -0.1) is 0 Å². The average molecular weight is 451 g/mol. The Labute approximate surface area is 185 Å². The van der Waals surface area contributed by atoms with Gasteiger partial charge in [0.1, 0.15) is 0 Å². The zero-order valence-corrected chi connectivity index (χ0v) is 18.1. The van der Waals surface area contributed by atoms with Crippen molar-refractivity contribution < 1.29 is 22.7 Å². The molecule has 32 heavy (non-hydrogen) atoms. The van der Waals surface area contributed by atoms with E-state index in [-0.39, 0.29) is 11.7 Å². The number of alkyl halides is 3. The summed E-state index contributed by atoms with van der Waals surface area (Å²) in [6, 6.07) is 2.23. The molecule has 1 amide bonds. The third-order valence-corrected chi connectivity index (χ3v) is 6.39. The molecule has 2 aliphatic heterocycles. The lowest BCUT2D eigenvalue weighted by Crippen LogP contribution is -2.41. The van der Waals surface area contributed by atoms with Crippen LogP contribution in [0, 0.1) is 12.8 Å². The van der Waals surface area contributed by atoms with E-state index >= 15 is 0 Å². The second kappa shape index (κ2) is 9.58. The van der Waals surface area contributed by atoms with E-state index in [1.165, 1.54) is 16.9 Å². The maximum atomic E-state index is 13.0. The van der Waals surface area contributed by atoms with Gasteiger partial charge in [-0.05, 0) is 50.8 Å². The van der Waals surface area contributed by atoms with Crippen LogP contribution in [0.2, 0.25) is 0 Å². The number of morpholine rings is 1. The number of pyridine rings is 1. The van der Waals surface area contributed by atoms with Gasteiger partial charge in [-0.3, -0.25) is 9.69 Å². The summed E-state index contributed by atoms with van der Waals surface area (Å²) in [7, 11) is 0. The first-order chi connectivity index (χ1) is 15.3. The van der Waals surface area contributed by atoms with Gasteiger partial charge in [0.15, 0.2) is 5.82 Å². The number of carbonyl (C=O) groups excluding carboxylic acids is 1. The van der Waals surface area contributed by atoms with Gasteiger partial charge in [0.05, 0.1) is 36.2 Å². The van der Waals surface area contributed by atoms with E-state index < -0.39 is 11.7 Å². The van der Waals surface area contributed by atoms with Crippen LogP contribution >= 0.6 is 0 Å². The largest absolute Gasteiger partial charge is 0.417 e. The molecular formula is C22H28F3N5O2. The second-order valence-electron chi connectivity index (χ2n) is 8.44. The molecule has 0 saturated carbocycles. The van der Waals surface area contributed by atoms with Crippen molar-refractivity contribution in [2.24, 2.45) is 5.92 Å². The van der Waals surface area contributed by atoms with Crippen LogP contribution in [-0.2, 0) is 10.9 Å². The van der Waals surface area contributed by atoms with Crippen molar-refractivity contribution in [3.63, 3.8) is 0 Å². The smallest absolute Gasteiger partial charge is 0.379 e. The predicted octanol–water partition coefficient (Wildman–Crippen LogP) is 3.17. The fraction of sp³-hybridized carbons (Fsp3) is 0.591. The number of ether oxygens (including phenoxy) is 1. The van der Waals surface area contributed by atoms with E-state index in [9.17, 15) is 18.0 Å². The van der Waals surface area contributed by atoms with Crippen molar-refractivity contribution in [1.82, 2.24) is 24.6 Å². The van der Waals surface area contributed by atoms with Crippen LogP contribution in [0.1, 0.15) is 40.9 Å². The summed E-state index contributed by atoms with van der Waals surface area (Å²) in [4.78, 5) is 21.2. The zero-order valence-electron chi connectivity index (χ0n) is 18.1. The Morgan fingerprint density at radius 1 is 1.12 bits per heavy atom. The summed E-state index contributed by atoms with van der Waals surface area (Å²) in [5.41, 5.74) is 0.203. The normalized spacial score (nSPS) is 18.8. The summed E-state index contributed by atoms with van der Waals surface area (Å²) < 4.78 is 45.1. The number of likely N-dealkylation sites (tertiary alicyclic amines) is 1. The maximum Gasteiger partial charge on any atom is 0.417 e. The number of hydrogen-bond donors (Lipinski definition) is 0. The molecule has 0 radical (unpaired) electrons. The molecule has 4 heterocycles. The molecule has 7 nitrogen and oxygen atoms in total. The van der Waals surface area contributed by atoms with Crippen LogP contribution in [0.25, 0.3) is 5.82 Å². The Morgan fingerprint density at radius 2 is 1.84 bits per heavy atom. The summed E-state index contributed by atoms with van der Waals surface area (Å²) in [6.07, 6.45) is 0.896. The first-order valence-electron chi connectivity index (χ1n) is 11.0. The number of rotatable bonds is 5. The topological polar surface area (TPSA) is 63.5 Å². The Hall–Kier alpha value is -2.46. The number of amides is 1. The SMILES string of the molecule is Cc1c(C(=O)N2CCC(CCN3CCOCC3)CC2)cnn1-c1ccc(C(F)(F)F)cn1. The van der Waals surface area contributed by atoms with Crippen LogP contribution < -0.4 is 0 Å². The third kappa shape index (κ3) is 5.12. The highest BCUT2D eigenvalue weighted by Gasteiger charge is 2.31. The minimum absolute atomic E-state index is 0.0905. The fourth-order valence-electron chi connectivity index (χ4n) is 4.31. The van der Waals surface area contributed by atoms with E-state index in [0.29, 0.717) is 30.3 Å². The van der Waals surface area contributed by atoms with Gasteiger partial charge in [-0.1, -0.05) is 0 Å². The van der Waals surface area contributed by atoms with E-state index in [1.807, 2.05) is 4.90 Å². The molecule has 0 unspecified atom stereocenters. The van der Waals surface area contributed by atoms with Crippen LogP contribution in [-0.4, -0.2) is 76.4 Å². The van der Waals surface area contributed by atoms with Crippen LogP contribution in [0.15, 0.2) is 24.5 Å². The molecule has 2 saturated heterocycles. The highest BCUT2D eigenvalue weighted by Crippen LogP contribution is 2.29. The van der Waals surface area contributed by atoms with Gasteiger partial charge in [-0.25, -0.2) is 9.67 Å². The number of carbonyl (C=O) groups is 1. The number of nitrogens with zero attached hydrogens (tertiary/aromatic N) is 5. The van der Waals surface area contributed by atoms with Gasteiger partial charge >= 0.3 is 6.18 Å². The molecular weight excluding hydrogens is 423 g/mol. The van der Waals surface area contributed by atoms with Crippen LogP contribution in [0.3, 0.4) is 0 Å². The number of piperidine rings is 1. The molecule has 2 aromatic rings. The molecule has 0 aromatic carbocycles. The molecule has 10 heteroatoms. The maximum absolute atomic E-state index is 13.0. The van der Waals surface area contributed by atoms with E-state index in [4.69, 9.17) is 4.74 Å². The van der Waals surface area contributed by atoms with Crippen molar-refractivity contribution >= 4 is 5.91 Å².